The van der Waals surface area contributed by atoms with Crippen molar-refractivity contribution in [3.63, 3.8) is 0 Å². The molecule has 0 bridgehead atoms. The lowest BCUT2D eigenvalue weighted by Gasteiger charge is -2.03. The monoisotopic (exact) mass is 194 g/mol. The predicted octanol–water partition coefficient (Wildman–Crippen LogP) is 1.66. The van der Waals surface area contributed by atoms with Crippen LogP contribution in [0.25, 0.3) is 0 Å². The average molecular weight is 194 g/mol. The van der Waals surface area contributed by atoms with E-state index in [9.17, 15) is 9.90 Å². The van der Waals surface area contributed by atoms with E-state index < -0.39 is 5.78 Å². The molecule has 0 saturated heterocycles. The molecule has 4 nitrogen and oxygen atoms in total. The average Bonchev–Trinajstić information content (AvgIpc) is 2.19. The number of hydrogen-bond donors (Lipinski definition) is 2. The molecule has 1 aromatic carbocycles. The van der Waals surface area contributed by atoms with Crippen LogP contribution in [0, 0.1) is 0 Å². The first-order valence-corrected chi connectivity index (χ1v) is 3.91. The molecule has 0 aliphatic rings. The molecule has 14 heavy (non-hydrogen) atoms. The Hall–Kier alpha value is -1.97. The van der Waals surface area contributed by atoms with Crippen LogP contribution in [0.3, 0.4) is 0 Å². The summed E-state index contributed by atoms with van der Waals surface area (Å²) in [4.78, 5) is 11.3. The lowest BCUT2D eigenvalue weighted by Crippen LogP contribution is -1.96. The van der Waals surface area contributed by atoms with Crippen molar-refractivity contribution in [1.82, 2.24) is 0 Å². The van der Waals surface area contributed by atoms with Gasteiger partial charge in [0, 0.05) is 6.08 Å². The van der Waals surface area contributed by atoms with Crippen LogP contribution in [-0.2, 0) is 0 Å². The fourth-order valence-electron chi connectivity index (χ4n) is 0.997. The Morgan fingerprint density at radius 3 is 2.79 bits per heavy atom. The number of carbonyl (C=O) groups excluding carboxylic acids is 1. The minimum absolute atomic E-state index is 0.0923. The molecule has 0 fully saturated rings. The summed E-state index contributed by atoms with van der Waals surface area (Å²) >= 11 is 0. The van der Waals surface area contributed by atoms with E-state index in [2.05, 4.69) is 0 Å². The maximum atomic E-state index is 11.3. The zero-order chi connectivity index (χ0) is 10.6. The first-order chi connectivity index (χ1) is 6.69. The summed E-state index contributed by atoms with van der Waals surface area (Å²) in [6.45, 7) is 0. The van der Waals surface area contributed by atoms with Gasteiger partial charge in [0.25, 0.3) is 0 Å². The number of benzene rings is 1. The van der Waals surface area contributed by atoms with E-state index in [0.717, 1.165) is 6.08 Å². The summed E-state index contributed by atoms with van der Waals surface area (Å²) in [7, 11) is 1.46. The Morgan fingerprint density at radius 1 is 1.50 bits per heavy atom. The van der Waals surface area contributed by atoms with E-state index in [0.29, 0.717) is 12.0 Å². The molecule has 0 amide bonds. The highest BCUT2D eigenvalue weighted by Gasteiger charge is 2.09. The van der Waals surface area contributed by atoms with E-state index in [-0.39, 0.29) is 11.3 Å². The Bertz CT molecular complexity index is 368. The van der Waals surface area contributed by atoms with Gasteiger partial charge in [-0.1, -0.05) is 0 Å². The third kappa shape index (κ3) is 2.04. The zero-order valence-corrected chi connectivity index (χ0v) is 7.60. The molecule has 0 spiro atoms. The fraction of sp³-hybridized carbons (Fsp3) is 0.100. The highest BCUT2D eigenvalue weighted by atomic mass is 16.5. The molecule has 0 aromatic heterocycles. The summed E-state index contributed by atoms with van der Waals surface area (Å²) < 4.78 is 4.89. The second-order valence-corrected chi connectivity index (χ2v) is 2.56. The molecule has 1 rings (SSSR count). The van der Waals surface area contributed by atoms with Gasteiger partial charge in [0.2, 0.25) is 0 Å². The van der Waals surface area contributed by atoms with Gasteiger partial charge >= 0.3 is 0 Å². The number of ketones is 1. The van der Waals surface area contributed by atoms with Crippen LogP contribution in [-0.4, -0.2) is 23.1 Å². The second-order valence-electron chi connectivity index (χ2n) is 2.56. The number of rotatable bonds is 3. The van der Waals surface area contributed by atoms with Crippen LogP contribution in [0.5, 0.6) is 11.5 Å². The summed E-state index contributed by atoms with van der Waals surface area (Å²) in [6, 6.07) is 4.30. The van der Waals surface area contributed by atoms with Crippen molar-refractivity contribution < 1.29 is 19.7 Å². The number of ether oxygens (including phenoxy) is 1. The van der Waals surface area contributed by atoms with Crippen LogP contribution in [0.4, 0.5) is 0 Å². The molecule has 1 aromatic rings. The lowest BCUT2D eigenvalue weighted by molar-refractivity contribution is 0.104. The van der Waals surface area contributed by atoms with Crippen molar-refractivity contribution in [1.29, 1.82) is 0 Å². The molecule has 0 radical (unpaired) electrons. The smallest absolute Gasteiger partial charge is 0.192 e. The van der Waals surface area contributed by atoms with E-state index in [1.807, 2.05) is 0 Å². The van der Waals surface area contributed by atoms with E-state index in [1.165, 1.54) is 25.3 Å². The first-order valence-electron chi connectivity index (χ1n) is 3.91. The topological polar surface area (TPSA) is 66.8 Å². The fourth-order valence-corrected chi connectivity index (χ4v) is 0.997. The van der Waals surface area contributed by atoms with E-state index >= 15 is 0 Å². The minimum Gasteiger partial charge on any atom is -0.515 e. The summed E-state index contributed by atoms with van der Waals surface area (Å²) in [5.41, 5.74) is 0.0923. The molecule has 0 atom stereocenters. The number of methoxy groups -OCH3 is 1. The van der Waals surface area contributed by atoms with Gasteiger partial charge in [-0.2, -0.15) is 0 Å². The Labute approximate surface area is 81.1 Å². The summed E-state index contributed by atoms with van der Waals surface area (Å²) in [5.74, 6) is -0.157. The normalized spacial score (nSPS) is 10.4. The molecule has 2 N–H and O–H groups in total. The number of hydrogen-bond acceptors (Lipinski definition) is 4. The summed E-state index contributed by atoms with van der Waals surface area (Å²) in [5, 5.41) is 17.7. The van der Waals surface area contributed by atoms with Gasteiger partial charge in [-0.25, -0.2) is 0 Å². The third-order valence-electron chi connectivity index (χ3n) is 1.70. The van der Waals surface area contributed by atoms with Crippen LogP contribution in [0.2, 0.25) is 0 Å². The van der Waals surface area contributed by atoms with Crippen LogP contribution in [0.15, 0.2) is 30.5 Å². The molecule has 74 valence electrons. The van der Waals surface area contributed by atoms with Crippen molar-refractivity contribution in [2.24, 2.45) is 0 Å². The van der Waals surface area contributed by atoms with Gasteiger partial charge in [-0.05, 0) is 18.2 Å². The predicted molar refractivity (Wildman–Crippen MR) is 50.8 cm³/mol. The molecule has 0 heterocycles. The number of allylic oxidation sites excluding steroid dienone is 1. The molecule has 0 saturated carbocycles. The van der Waals surface area contributed by atoms with Gasteiger partial charge in [0.05, 0.1) is 18.9 Å². The molecular formula is C10H10O4. The SMILES string of the molecule is COc1ccc(O)c(C(=O)/C=C/O)c1. The van der Waals surface area contributed by atoms with Crippen molar-refractivity contribution in [3.05, 3.63) is 36.1 Å². The molecule has 0 aliphatic heterocycles. The first kappa shape index (κ1) is 10.1. The van der Waals surface area contributed by atoms with E-state index in [1.54, 1.807) is 0 Å². The van der Waals surface area contributed by atoms with Crippen molar-refractivity contribution >= 4 is 5.78 Å². The number of aliphatic hydroxyl groups is 1. The Kier molecular flexibility index (Phi) is 3.12. The maximum absolute atomic E-state index is 11.3. The van der Waals surface area contributed by atoms with Crippen molar-refractivity contribution in [2.75, 3.05) is 7.11 Å². The molecule has 0 aliphatic carbocycles. The highest BCUT2D eigenvalue weighted by molar-refractivity contribution is 6.06. The van der Waals surface area contributed by atoms with E-state index in [4.69, 9.17) is 9.84 Å². The standard InChI is InChI=1S/C10H10O4/c1-14-7-2-3-9(12)8(6-7)10(13)4-5-11/h2-6,11-12H,1H3/b5-4+. The van der Waals surface area contributed by atoms with Crippen LogP contribution >= 0.6 is 0 Å². The van der Waals surface area contributed by atoms with Crippen molar-refractivity contribution in [2.45, 2.75) is 0 Å². The zero-order valence-electron chi connectivity index (χ0n) is 7.60. The van der Waals surface area contributed by atoms with Gasteiger partial charge in [0.15, 0.2) is 5.78 Å². The quantitative estimate of drug-likeness (QED) is 0.436. The van der Waals surface area contributed by atoms with Gasteiger partial charge < -0.3 is 14.9 Å². The lowest BCUT2D eigenvalue weighted by atomic mass is 10.1. The number of aromatic hydroxyl groups is 1. The highest BCUT2D eigenvalue weighted by Crippen LogP contribution is 2.23. The Balaban J connectivity index is 3.12. The largest absolute Gasteiger partial charge is 0.515 e. The van der Waals surface area contributed by atoms with Gasteiger partial charge in [0.1, 0.15) is 11.5 Å². The minimum atomic E-state index is -0.483. The molecular weight excluding hydrogens is 184 g/mol. The molecule has 0 unspecified atom stereocenters. The van der Waals surface area contributed by atoms with Crippen LogP contribution < -0.4 is 4.74 Å². The maximum Gasteiger partial charge on any atom is 0.192 e. The third-order valence-corrected chi connectivity index (χ3v) is 1.70. The Morgan fingerprint density at radius 2 is 2.21 bits per heavy atom. The number of carbonyl (C=O) groups is 1. The molecule has 4 heteroatoms. The van der Waals surface area contributed by atoms with Gasteiger partial charge in [-0.3, -0.25) is 4.79 Å². The number of phenolic OH excluding ortho intramolecular Hbond substituents is 1. The summed E-state index contributed by atoms with van der Waals surface area (Å²) in [6.07, 6.45) is 1.58. The number of aliphatic hydroxyl groups excluding tert-OH is 1. The number of phenols is 1. The second kappa shape index (κ2) is 4.32. The van der Waals surface area contributed by atoms with Gasteiger partial charge in [-0.15, -0.1) is 0 Å². The van der Waals surface area contributed by atoms with Crippen LogP contribution in [0.1, 0.15) is 10.4 Å². The van der Waals surface area contributed by atoms with Crippen molar-refractivity contribution in [3.8, 4) is 11.5 Å².